The van der Waals surface area contributed by atoms with E-state index in [2.05, 4.69) is 9.97 Å². The molecular formula is C20H14ClFN4O3S. The fourth-order valence-electron chi connectivity index (χ4n) is 3.14. The Morgan fingerprint density at radius 1 is 1.27 bits per heavy atom. The van der Waals surface area contributed by atoms with Crippen LogP contribution in [0.4, 0.5) is 10.1 Å². The molecule has 0 fully saturated rings. The van der Waals surface area contributed by atoms with Crippen molar-refractivity contribution in [2.75, 3.05) is 17.2 Å². The molecule has 0 spiro atoms. The average Bonchev–Trinajstić information content (AvgIpc) is 2.74. The Labute approximate surface area is 177 Å². The van der Waals surface area contributed by atoms with E-state index >= 15 is 0 Å². The molecule has 0 bridgehead atoms. The van der Waals surface area contributed by atoms with Crippen molar-refractivity contribution in [2.24, 2.45) is 0 Å². The van der Waals surface area contributed by atoms with Crippen molar-refractivity contribution in [3.8, 4) is 17.7 Å². The van der Waals surface area contributed by atoms with Gasteiger partial charge in [0.1, 0.15) is 21.4 Å². The third-order valence-electron chi connectivity index (χ3n) is 4.55. The average molecular weight is 445 g/mol. The summed E-state index contributed by atoms with van der Waals surface area (Å²) in [4.78, 5) is 9.23. The molecular weight excluding hydrogens is 431 g/mol. The first-order chi connectivity index (χ1) is 14.4. The third-order valence-corrected chi connectivity index (χ3v) is 6.75. The highest BCUT2D eigenvalue weighted by molar-refractivity contribution is 7.91. The Kier molecular flexibility index (Phi) is 5.28. The van der Waals surface area contributed by atoms with Gasteiger partial charge in [0, 0.05) is 25.5 Å². The second kappa shape index (κ2) is 7.89. The van der Waals surface area contributed by atoms with E-state index in [4.69, 9.17) is 21.6 Å². The Morgan fingerprint density at radius 2 is 2.03 bits per heavy atom. The maximum atomic E-state index is 14.4. The van der Waals surface area contributed by atoms with Crippen LogP contribution in [0, 0.1) is 17.3 Å². The summed E-state index contributed by atoms with van der Waals surface area (Å²) < 4.78 is 45.6. The van der Waals surface area contributed by atoms with Gasteiger partial charge in [0.05, 0.1) is 17.4 Å². The monoisotopic (exact) mass is 444 g/mol. The number of halogens is 2. The highest BCUT2D eigenvalue weighted by Gasteiger charge is 2.37. The normalized spacial score (nSPS) is 14.6. The molecule has 0 atom stereocenters. The van der Waals surface area contributed by atoms with E-state index in [0.29, 0.717) is 12.1 Å². The van der Waals surface area contributed by atoms with Gasteiger partial charge >= 0.3 is 0 Å². The lowest BCUT2D eigenvalue weighted by atomic mass is 10.2. The molecule has 0 aliphatic carbocycles. The van der Waals surface area contributed by atoms with Crippen LogP contribution in [0.3, 0.4) is 0 Å². The van der Waals surface area contributed by atoms with Crippen molar-refractivity contribution in [3.05, 3.63) is 70.9 Å². The molecule has 10 heteroatoms. The molecule has 152 valence electrons. The van der Waals surface area contributed by atoms with Crippen LogP contribution in [-0.4, -0.2) is 30.7 Å². The standard InChI is InChI=1S/C20H14ClFN4O3S/c21-16-18-17(20(25-19(16)22)29-15-5-3-13(10-23)4-6-15)26(8-9-30(18,27)28)12-14-2-1-7-24-11-14/h1-7,11H,8-9,12H2. The van der Waals surface area contributed by atoms with E-state index in [1.54, 1.807) is 23.4 Å². The lowest BCUT2D eigenvalue weighted by Gasteiger charge is -2.32. The number of anilines is 1. The summed E-state index contributed by atoms with van der Waals surface area (Å²) in [5, 5.41) is 8.37. The maximum absolute atomic E-state index is 14.4. The number of pyridine rings is 2. The molecule has 1 aromatic carbocycles. The van der Waals surface area contributed by atoms with Crippen LogP contribution >= 0.6 is 11.6 Å². The predicted octanol–water partition coefficient (Wildman–Crippen LogP) is 3.73. The van der Waals surface area contributed by atoms with Crippen LogP contribution in [0.5, 0.6) is 11.6 Å². The lowest BCUT2D eigenvalue weighted by Crippen LogP contribution is -2.36. The van der Waals surface area contributed by atoms with Crippen molar-refractivity contribution in [1.29, 1.82) is 5.26 Å². The molecule has 3 aromatic rings. The quantitative estimate of drug-likeness (QED) is 0.565. The third kappa shape index (κ3) is 3.79. The first-order valence-corrected chi connectivity index (χ1v) is 10.9. The fraction of sp³-hybridized carbons (Fsp3) is 0.150. The van der Waals surface area contributed by atoms with Crippen molar-refractivity contribution >= 4 is 27.1 Å². The van der Waals surface area contributed by atoms with Crippen molar-refractivity contribution in [2.45, 2.75) is 11.4 Å². The van der Waals surface area contributed by atoms with Gasteiger partial charge in [0.25, 0.3) is 0 Å². The van der Waals surface area contributed by atoms with Gasteiger partial charge in [0.2, 0.25) is 11.8 Å². The van der Waals surface area contributed by atoms with E-state index in [-0.39, 0.29) is 34.5 Å². The zero-order valence-corrected chi connectivity index (χ0v) is 17.0. The zero-order chi connectivity index (χ0) is 21.3. The van der Waals surface area contributed by atoms with Gasteiger partial charge in [0.15, 0.2) is 9.84 Å². The molecule has 7 nitrogen and oxygen atoms in total. The summed E-state index contributed by atoms with van der Waals surface area (Å²) in [6.07, 6.45) is 3.29. The number of hydrogen-bond donors (Lipinski definition) is 0. The number of benzene rings is 1. The molecule has 30 heavy (non-hydrogen) atoms. The second-order valence-electron chi connectivity index (χ2n) is 6.54. The fourth-order valence-corrected chi connectivity index (χ4v) is 5.16. The predicted molar refractivity (Wildman–Crippen MR) is 108 cm³/mol. The van der Waals surface area contributed by atoms with E-state index in [1.165, 1.54) is 24.3 Å². The van der Waals surface area contributed by atoms with Gasteiger partial charge in [-0.1, -0.05) is 17.7 Å². The number of rotatable bonds is 4. The summed E-state index contributed by atoms with van der Waals surface area (Å²) in [6, 6.07) is 11.7. The molecule has 0 N–H and O–H groups in total. The molecule has 0 saturated carbocycles. The Morgan fingerprint density at radius 3 is 2.70 bits per heavy atom. The van der Waals surface area contributed by atoms with Crippen molar-refractivity contribution in [3.63, 3.8) is 0 Å². The molecule has 3 heterocycles. The van der Waals surface area contributed by atoms with Gasteiger partial charge in [-0.05, 0) is 35.9 Å². The zero-order valence-electron chi connectivity index (χ0n) is 15.4. The molecule has 0 radical (unpaired) electrons. The largest absolute Gasteiger partial charge is 0.437 e. The smallest absolute Gasteiger partial charge is 0.247 e. The number of nitriles is 1. The van der Waals surface area contributed by atoms with Gasteiger partial charge in [-0.25, -0.2) is 8.42 Å². The van der Waals surface area contributed by atoms with E-state index < -0.39 is 20.8 Å². The van der Waals surface area contributed by atoms with Crippen LogP contribution in [-0.2, 0) is 16.4 Å². The molecule has 1 aliphatic rings. The van der Waals surface area contributed by atoms with Crippen molar-refractivity contribution < 1.29 is 17.5 Å². The number of fused-ring (bicyclic) bond motifs is 1. The Hall–Kier alpha value is -3.22. The van der Waals surface area contributed by atoms with Crippen LogP contribution in [0.2, 0.25) is 5.02 Å². The highest BCUT2D eigenvalue weighted by atomic mass is 35.5. The SMILES string of the molecule is N#Cc1ccc(Oc2nc(F)c(Cl)c3c2N(Cc2cccnc2)CCS3(=O)=O)cc1. The van der Waals surface area contributed by atoms with Crippen molar-refractivity contribution in [1.82, 2.24) is 9.97 Å². The molecule has 1 aliphatic heterocycles. The summed E-state index contributed by atoms with van der Waals surface area (Å²) in [6.45, 7) is 0.460. The topological polar surface area (TPSA) is 96.2 Å². The minimum absolute atomic E-state index is 0.0980. The first-order valence-electron chi connectivity index (χ1n) is 8.82. The summed E-state index contributed by atoms with van der Waals surface area (Å²) in [5.74, 6) is -1.30. The second-order valence-corrected chi connectivity index (χ2v) is 8.96. The number of sulfone groups is 1. The van der Waals surface area contributed by atoms with Gasteiger partial charge in [-0.2, -0.15) is 14.6 Å². The van der Waals surface area contributed by atoms with Crippen LogP contribution in [0.15, 0.2) is 53.7 Å². The van der Waals surface area contributed by atoms with Gasteiger partial charge in [-0.15, -0.1) is 0 Å². The number of ether oxygens (including phenoxy) is 1. The number of nitrogens with zero attached hydrogens (tertiary/aromatic N) is 4. The number of aromatic nitrogens is 2. The summed E-state index contributed by atoms with van der Waals surface area (Å²) in [5.41, 5.74) is 1.34. The summed E-state index contributed by atoms with van der Waals surface area (Å²) in [7, 11) is -3.84. The Bertz CT molecular complexity index is 1250. The van der Waals surface area contributed by atoms with Gasteiger partial charge in [-0.3, -0.25) is 4.98 Å². The van der Waals surface area contributed by atoms with Gasteiger partial charge < -0.3 is 9.64 Å². The highest BCUT2D eigenvalue weighted by Crippen LogP contribution is 2.44. The van der Waals surface area contributed by atoms with E-state index in [1.807, 2.05) is 12.1 Å². The first kappa shape index (κ1) is 20.1. The molecule has 0 unspecified atom stereocenters. The van der Waals surface area contributed by atoms with Crippen LogP contribution < -0.4 is 9.64 Å². The molecule has 0 amide bonds. The summed E-state index contributed by atoms with van der Waals surface area (Å²) >= 11 is 6.03. The van der Waals surface area contributed by atoms with Crippen LogP contribution in [0.25, 0.3) is 0 Å². The van der Waals surface area contributed by atoms with E-state index in [0.717, 1.165) is 5.56 Å². The molecule has 4 rings (SSSR count). The number of hydrogen-bond acceptors (Lipinski definition) is 7. The molecule has 2 aromatic heterocycles. The maximum Gasteiger partial charge on any atom is 0.247 e. The Balaban J connectivity index is 1.84. The lowest BCUT2D eigenvalue weighted by molar-refractivity contribution is 0.439. The molecule has 0 saturated heterocycles. The minimum atomic E-state index is -3.84. The van der Waals surface area contributed by atoms with Crippen LogP contribution in [0.1, 0.15) is 11.1 Å². The van der Waals surface area contributed by atoms with E-state index in [9.17, 15) is 12.8 Å². The minimum Gasteiger partial charge on any atom is -0.437 e.